The van der Waals surface area contributed by atoms with Crippen LogP contribution in [0.2, 0.25) is 0 Å². The second kappa shape index (κ2) is 20.0. The number of allylic oxidation sites excluding steroid dienone is 8. The molecule has 0 aromatic heterocycles. The maximum atomic E-state index is 2.61. The van der Waals surface area contributed by atoms with Crippen LogP contribution in [0.25, 0.3) is 0 Å². The van der Waals surface area contributed by atoms with Crippen LogP contribution in [0.4, 0.5) is 0 Å². The van der Waals surface area contributed by atoms with Gasteiger partial charge in [0, 0.05) is 1.43 Å². The Bertz CT molecular complexity index is 1030. The van der Waals surface area contributed by atoms with E-state index in [1.165, 1.54) is 77.0 Å². The molecule has 10 rings (SSSR count). The second-order valence-corrected chi connectivity index (χ2v) is 23.4. The van der Waals surface area contributed by atoms with Gasteiger partial charge in [-0.05, 0) is 197 Å². The predicted octanol–water partition coefficient (Wildman–Crippen LogP) is 16.9. The van der Waals surface area contributed by atoms with E-state index < -0.39 is 0 Å². The van der Waals surface area contributed by atoms with Crippen LogP contribution in [0.5, 0.6) is 0 Å². The predicted molar refractivity (Wildman–Crippen MR) is 242 cm³/mol. The molecule has 0 heterocycles. The zero-order valence-corrected chi connectivity index (χ0v) is 36.5. The third kappa shape index (κ3) is 11.6. The van der Waals surface area contributed by atoms with Crippen molar-refractivity contribution in [2.75, 3.05) is 0 Å². The summed E-state index contributed by atoms with van der Waals surface area (Å²) in [6, 6.07) is 0. The largest absolute Gasteiger partial charge is 0.0851 e. The van der Waals surface area contributed by atoms with Crippen molar-refractivity contribution in [2.24, 2.45) is 94.7 Å². The highest BCUT2D eigenvalue weighted by molar-refractivity contribution is 5.08. The topological polar surface area (TPSA) is 0 Å². The zero-order chi connectivity index (χ0) is 37.5. The molecule has 9 fully saturated rings. The molecule has 9 saturated carbocycles. The van der Waals surface area contributed by atoms with Gasteiger partial charge in [0.2, 0.25) is 0 Å². The van der Waals surface area contributed by atoms with Gasteiger partial charge in [0.05, 0.1) is 0 Å². The van der Waals surface area contributed by atoms with Crippen LogP contribution in [-0.4, -0.2) is 0 Å². The Morgan fingerprint density at radius 1 is 0.161 bits per heavy atom. The van der Waals surface area contributed by atoms with Crippen LogP contribution in [0, 0.1) is 94.7 Å². The molecule has 10 aliphatic rings. The Hall–Kier alpha value is -1.04. The lowest BCUT2D eigenvalue weighted by Gasteiger charge is -2.18. The number of hydrogen-bond acceptors (Lipinski definition) is 0. The Labute approximate surface area is 348 Å². The summed E-state index contributed by atoms with van der Waals surface area (Å²) in [5.41, 5.74) is 0. The van der Waals surface area contributed by atoms with Gasteiger partial charge < -0.3 is 0 Å². The first-order valence-electron chi connectivity index (χ1n) is 26.3. The van der Waals surface area contributed by atoms with Crippen molar-refractivity contribution in [3.8, 4) is 0 Å². The normalized spacial score (nSPS) is 48.6. The summed E-state index contributed by atoms with van der Waals surface area (Å²) in [4.78, 5) is 0. The zero-order valence-electron chi connectivity index (χ0n) is 36.5. The summed E-state index contributed by atoms with van der Waals surface area (Å²) in [6.45, 7) is 0. The van der Waals surface area contributed by atoms with Gasteiger partial charge in [0.1, 0.15) is 0 Å². The fraction of sp³-hybridized carbons (Fsp3) is 0.857. The molecule has 0 nitrogen and oxygen atoms in total. The van der Waals surface area contributed by atoms with Crippen LogP contribution in [0.15, 0.2) is 48.6 Å². The Kier molecular flexibility index (Phi) is 14.4. The maximum Gasteiger partial charge on any atom is 0 e. The molecule has 0 radical (unpaired) electrons. The molecule has 0 aliphatic heterocycles. The summed E-state index contributed by atoms with van der Waals surface area (Å²) in [6.07, 6.45) is 69.6. The molecule has 0 saturated heterocycles. The highest BCUT2D eigenvalue weighted by atomic mass is 14.4. The highest BCUT2D eigenvalue weighted by Crippen LogP contribution is 2.47. The van der Waals surface area contributed by atoms with Crippen molar-refractivity contribution in [1.82, 2.24) is 0 Å². The van der Waals surface area contributed by atoms with E-state index in [9.17, 15) is 0 Å². The molecule has 0 aromatic rings. The minimum atomic E-state index is 0. The third-order valence-corrected chi connectivity index (χ3v) is 19.2. The molecule has 8 atom stereocenters. The summed E-state index contributed by atoms with van der Waals surface area (Å²) in [5, 5.41) is 0. The molecule has 56 heavy (non-hydrogen) atoms. The number of rotatable bonds is 0. The average Bonchev–Trinajstić information content (AvgIpc) is 4.05. The van der Waals surface area contributed by atoms with E-state index in [-0.39, 0.29) is 1.43 Å². The van der Waals surface area contributed by atoms with Gasteiger partial charge in [0.15, 0.2) is 0 Å². The first-order valence-corrected chi connectivity index (χ1v) is 26.3. The molecular weight excluding hydrogens is 673 g/mol. The van der Waals surface area contributed by atoms with Crippen molar-refractivity contribution in [3.63, 3.8) is 0 Å². The summed E-state index contributed by atoms with van der Waals surface area (Å²) >= 11 is 0. The van der Waals surface area contributed by atoms with Gasteiger partial charge >= 0.3 is 0 Å². The molecule has 314 valence electrons. The van der Waals surface area contributed by atoms with E-state index in [0.29, 0.717) is 0 Å². The monoisotopic (exact) mass is 763 g/mol. The molecule has 10 aliphatic carbocycles. The van der Waals surface area contributed by atoms with Gasteiger partial charge in [-0.2, -0.15) is 0 Å². The Balaban J connectivity index is 0.000000157. The first kappa shape index (κ1) is 40.4. The smallest absolute Gasteiger partial charge is 0 e. The Morgan fingerprint density at radius 2 is 0.286 bits per heavy atom. The minimum Gasteiger partial charge on any atom is -0.0851 e. The van der Waals surface area contributed by atoms with Crippen LogP contribution in [-0.2, 0) is 0 Å². The molecule has 16 bridgehead atoms. The second-order valence-electron chi connectivity index (χ2n) is 23.4. The van der Waals surface area contributed by atoms with Crippen molar-refractivity contribution in [3.05, 3.63) is 48.6 Å². The van der Waals surface area contributed by atoms with Gasteiger partial charge in [-0.1, -0.05) is 151 Å². The summed E-state index contributed by atoms with van der Waals surface area (Å²) in [5.74, 6) is 15.7. The lowest BCUT2D eigenvalue weighted by atomic mass is 9.88. The molecular formula is C56H90. The SMILES string of the molecule is C1=CC2CC[C@H](/C=C\C3CC[C@H](/C=C\[C@@H]4CCC(/C=C\[C@@H]5CCC1C5)C4)C3)C2.C1CC2CC[C@H](CCC3CC[C@H](CC[C@@H]4CCC(CC[C@@H]5CCC1C5)C4)C3)C2.[HH]. The van der Waals surface area contributed by atoms with E-state index in [1.54, 1.807) is 128 Å². The van der Waals surface area contributed by atoms with Crippen molar-refractivity contribution in [1.29, 1.82) is 0 Å². The van der Waals surface area contributed by atoms with E-state index in [2.05, 4.69) is 48.6 Å². The molecule has 0 N–H and O–H groups in total. The van der Waals surface area contributed by atoms with Crippen LogP contribution in [0.1, 0.15) is 207 Å². The fourth-order valence-electron chi connectivity index (χ4n) is 15.6. The van der Waals surface area contributed by atoms with Crippen LogP contribution < -0.4 is 0 Å². The van der Waals surface area contributed by atoms with E-state index in [0.717, 1.165) is 94.7 Å². The van der Waals surface area contributed by atoms with E-state index in [4.69, 9.17) is 0 Å². The van der Waals surface area contributed by atoms with Crippen LogP contribution >= 0.6 is 0 Å². The average molecular weight is 763 g/mol. The van der Waals surface area contributed by atoms with Crippen molar-refractivity contribution in [2.45, 2.75) is 205 Å². The van der Waals surface area contributed by atoms with Crippen molar-refractivity contribution >= 4 is 0 Å². The summed E-state index contributed by atoms with van der Waals surface area (Å²) < 4.78 is 0. The quantitative estimate of drug-likeness (QED) is 0.216. The Morgan fingerprint density at radius 3 is 0.411 bits per heavy atom. The lowest BCUT2D eigenvalue weighted by molar-refractivity contribution is 0.338. The highest BCUT2D eigenvalue weighted by Gasteiger charge is 2.33. The first-order chi connectivity index (χ1) is 27.6. The van der Waals surface area contributed by atoms with E-state index in [1.807, 2.05) is 0 Å². The van der Waals surface area contributed by atoms with Crippen molar-refractivity contribution < 1.29 is 1.43 Å². The molecule has 4 unspecified atom stereocenters. The maximum absolute atomic E-state index is 2.61. The number of hydrogen-bond donors (Lipinski definition) is 0. The lowest BCUT2D eigenvalue weighted by Crippen LogP contribution is -2.05. The van der Waals surface area contributed by atoms with Crippen LogP contribution in [0.3, 0.4) is 0 Å². The van der Waals surface area contributed by atoms with E-state index >= 15 is 0 Å². The fourth-order valence-corrected chi connectivity index (χ4v) is 15.6. The molecule has 0 aromatic carbocycles. The molecule has 0 heteroatoms. The molecule has 0 amide bonds. The third-order valence-electron chi connectivity index (χ3n) is 19.2. The molecule has 0 spiro atoms. The van der Waals surface area contributed by atoms with Gasteiger partial charge in [-0.25, -0.2) is 0 Å². The summed E-state index contributed by atoms with van der Waals surface area (Å²) in [7, 11) is 0. The minimum absolute atomic E-state index is 0. The van der Waals surface area contributed by atoms with Gasteiger partial charge in [-0.15, -0.1) is 0 Å². The van der Waals surface area contributed by atoms with Gasteiger partial charge in [0.25, 0.3) is 0 Å². The standard InChI is InChI=1S/C28H48.C28H40.H2/c2*1-2-22-11-12-24-5-6-26(19-24)15-16-28-8-7-27(20-28)14-13-25-4-3-23(18-25)10-9-21(1)17-22;/h21-28H,1-20H2;9-16,21-28H,1-8,17-20H2;1H/b;10-9-,12-11-,14-13-,16-15?;/t2*21-,22?,23+,24-,25?,26?,27+,28?;. The van der Waals surface area contributed by atoms with Gasteiger partial charge in [-0.3, -0.25) is 0 Å². The number of fused-ring (bicyclic) bond motifs is 16.